The third-order valence-electron chi connectivity index (χ3n) is 1.77. The van der Waals surface area contributed by atoms with E-state index in [0.717, 1.165) is 34.9 Å². The zero-order valence-corrected chi connectivity index (χ0v) is 11.5. The van der Waals surface area contributed by atoms with Crippen LogP contribution in [0.15, 0.2) is 4.34 Å². The molecule has 7 heteroatoms. The minimum absolute atomic E-state index is 0.758. The first kappa shape index (κ1) is 13.7. The van der Waals surface area contributed by atoms with Crippen molar-refractivity contribution in [2.24, 2.45) is 0 Å². The Bertz CT molecular complexity index is 293. The van der Waals surface area contributed by atoms with E-state index in [0.29, 0.717) is 0 Å². The average molecular weight is 262 g/mol. The molecule has 1 aromatic rings. The van der Waals surface area contributed by atoms with Crippen LogP contribution in [0, 0.1) is 0 Å². The standard InChI is InChI=1S/C9H18N4OS2/c1-13(2)8-11-12-9(16-8)15-7-5-10-4-6-14-3/h10H,4-7H2,1-3H3. The maximum absolute atomic E-state index is 4.94. The topological polar surface area (TPSA) is 50.3 Å². The highest BCUT2D eigenvalue weighted by Crippen LogP contribution is 2.26. The molecule has 16 heavy (non-hydrogen) atoms. The molecule has 0 radical (unpaired) electrons. The van der Waals surface area contributed by atoms with E-state index in [2.05, 4.69) is 15.5 Å². The Morgan fingerprint density at radius 2 is 2.19 bits per heavy atom. The van der Waals surface area contributed by atoms with Crippen LogP contribution >= 0.6 is 23.1 Å². The lowest BCUT2D eigenvalue weighted by molar-refractivity contribution is 0.200. The smallest absolute Gasteiger partial charge is 0.208 e. The molecule has 0 spiro atoms. The molecule has 0 fully saturated rings. The molecule has 92 valence electrons. The van der Waals surface area contributed by atoms with E-state index in [4.69, 9.17) is 4.74 Å². The second-order valence-corrected chi connectivity index (χ2v) is 5.63. The lowest BCUT2D eigenvalue weighted by Crippen LogP contribution is -2.21. The molecule has 0 bridgehead atoms. The van der Waals surface area contributed by atoms with E-state index in [1.807, 2.05) is 19.0 Å². The predicted molar refractivity (Wildman–Crippen MR) is 69.7 cm³/mol. The summed E-state index contributed by atoms with van der Waals surface area (Å²) in [6, 6.07) is 0. The van der Waals surface area contributed by atoms with Gasteiger partial charge in [-0.05, 0) is 0 Å². The number of rotatable bonds is 8. The highest BCUT2D eigenvalue weighted by molar-refractivity contribution is 8.01. The molecule has 0 aromatic carbocycles. The van der Waals surface area contributed by atoms with Crippen molar-refractivity contribution in [2.75, 3.05) is 51.6 Å². The summed E-state index contributed by atoms with van der Waals surface area (Å²) in [7, 11) is 5.66. The van der Waals surface area contributed by atoms with Crippen molar-refractivity contribution in [2.45, 2.75) is 4.34 Å². The number of nitrogens with zero attached hydrogens (tertiary/aromatic N) is 3. The minimum atomic E-state index is 0.758. The van der Waals surface area contributed by atoms with Crippen LogP contribution in [-0.2, 0) is 4.74 Å². The quantitative estimate of drug-likeness (QED) is 0.556. The molecular formula is C9H18N4OS2. The van der Waals surface area contributed by atoms with Crippen LogP contribution in [0.25, 0.3) is 0 Å². The summed E-state index contributed by atoms with van der Waals surface area (Å²) in [6.45, 7) is 2.62. The van der Waals surface area contributed by atoms with Crippen LogP contribution in [0.1, 0.15) is 0 Å². The van der Waals surface area contributed by atoms with E-state index >= 15 is 0 Å². The van der Waals surface area contributed by atoms with Gasteiger partial charge >= 0.3 is 0 Å². The number of hydrogen-bond acceptors (Lipinski definition) is 7. The number of hydrogen-bond donors (Lipinski definition) is 1. The highest BCUT2D eigenvalue weighted by Gasteiger charge is 2.05. The highest BCUT2D eigenvalue weighted by atomic mass is 32.2. The van der Waals surface area contributed by atoms with Crippen LogP contribution in [0.2, 0.25) is 0 Å². The summed E-state index contributed by atoms with van der Waals surface area (Å²) in [5.74, 6) is 1.01. The first-order chi connectivity index (χ1) is 7.74. The van der Waals surface area contributed by atoms with Crippen LogP contribution in [-0.4, -0.2) is 56.9 Å². The zero-order chi connectivity index (χ0) is 11.8. The number of aromatic nitrogens is 2. The Morgan fingerprint density at radius 1 is 1.38 bits per heavy atom. The number of anilines is 1. The minimum Gasteiger partial charge on any atom is -0.383 e. The molecule has 1 heterocycles. The molecule has 0 aliphatic heterocycles. The lowest BCUT2D eigenvalue weighted by atomic mass is 10.6. The van der Waals surface area contributed by atoms with Crippen molar-refractivity contribution in [3.63, 3.8) is 0 Å². The average Bonchev–Trinajstić information content (AvgIpc) is 2.72. The molecule has 0 aliphatic rings. The summed E-state index contributed by atoms with van der Waals surface area (Å²) < 4.78 is 5.97. The molecule has 5 nitrogen and oxygen atoms in total. The van der Waals surface area contributed by atoms with E-state index in [1.165, 1.54) is 0 Å². The van der Waals surface area contributed by atoms with E-state index in [1.54, 1.807) is 30.2 Å². The van der Waals surface area contributed by atoms with Gasteiger partial charge in [-0.25, -0.2) is 0 Å². The van der Waals surface area contributed by atoms with Gasteiger partial charge in [0.1, 0.15) is 0 Å². The first-order valence-electron chi connectivity index (χ1n) is 5.07. The molecule has 0 saturated heterocycles. The Morgan fingerprint density at radius 3 is 2.81 bits per heavy atom. The van der Waals surface area contributed by atoms with Gasteiger partial charge in [0.05, 0.1) is 6.61 Å². The maximum Gasteiger partial charge on any atom is 0.208 e. The van der Waals surface area contributed by atoms with Crippen LogP contribution in [0.5, 0.6) is 0 Å². The third-order valence-corrected chi connectivity index (χ3v) is 3.99. The van der Waals surface area contributed by atoms with Gasteiger partial charge in [0.15, 0.2) is 4.34 Å². The normalized spacial score (nSPS) is 10.7. The molecule has 0 saturated carbocycles. The van der Waals surface area contributed by atoms with Gasteiger partial charge in [-0.1, -0.05) is 23.1 Å². The molecule has 0 unspecified atom stereocenters. The molecular weight excluding hydrogens is 244 g/mol. The van der Waals surface area contributed by atoms with Crippen LogP contribution < -0.4 is 10.2 Å². The summed E-state index contributed by atoms with van der Waals surface area (Å²) in [5, 5.41) is 12.4. The molecule has 0 amide bonds. The molecule has 0 atom stereocenters. The van der Waals surface area contributed by atoms with Crippen molar-refractivity contribution in [1.29, 1.82) is 0 Å². The SMILES string of the molecule is COCCNCCSc1nnc(N(C)C)s1. The fourth-order valence-corrected chi connectivity index (χ4v) is 2.68. The van der Waals surface area contributed by atoms with Gasteiger partial charge in [-0.3, -0.25) is 0 Å². The molecule has 0 aliphatic carbocycles. The van der Waals surface area contributed by atoms with Crippen molar-refractivity contribution in [1.82, 2.24) is 15.5 Å². The fraction of sp³-hybridized carbons (Fsp3) is 0.778. The van der Waals surface area contributed by atoms with Gasteiger partial charge in [-0.15, -0.1) is 10.2 Å². The second-order valence-electron chi connectivity index (χ2n) is 3.34. The maximum atomic E-state index is 4.94. The Hall–Kier alpha value is -0.370. The Balaban J connectivity index is 2.12. The van der Waals surface area contributed by atoms with Crippen molar-refractivity contribution < 1.29 is 4.74 Å². The molecule has 1 rings (SSSR count). The largest absolute Gasteiger partial charge is 0.383 e. The van der Waals surface area contributed by atoms with Crippen molar-refractivity contribution in [3.05, 3.63) is 0 Å². The van der Waals surface area contributed by atoms with E-state index in [9.17, 15) is 0 Å². The summed E-state index contributed by atoms with van der Waals surface area (Å²) in [4.78, 5) is 1.97. The van der Waals surface area contributed by atoms with Gasteiger partial charge in [-0.2, -0.15) is 0 Å². The number of methoxy groups -OCH3 is 1. The lowest BCUT2D eigenvalue weighted by Gasteiger charge is -2.04. The zero-order valence-electron chi connectivity index (χ0n) is 9.89. The number of ether oxygens (including phenoxy) is 1. The van der Waals surface area contributed by atoms with Crippen LogP contribution in [0.4, 0.5) is 5.13 Å². The summed E-state index contributed by atoms with van der Waals surface area (Å²) in [6.07, 6.45) is 0. The van der Waals surface area contributed by atoms with Crippen molar-refractivity contribution >= 4 is 28.2 Å². The molecule has 1 N–H and O–H groups in total. The van der Waals surface area contributed by atoms with Gasteiger partial charge < -0.3 is 15.0 Å². The second kappa shape index (κ2) is 7.83. The third kappa shape index (κ3) is 5.11. The number of thioether (sulfide) groups is 1. The van der Waals surface area contributed by atoms with Gasteiger partial charge in [0.25, 0.3) is 0 Å². The first-order valence-corrected chi connectivity index (χ1v) is 6.87. The fourth-order valence-electron chi connectivity index (χ4n) is 0.951. The van der Waals surface area contributed by atoms with E-state index < -0.39 is 0 Å². The van der Waals surface area contributed by atoms with Gasteiger partial charge in [0.2, 0.25) is 5.13 Å². The van der Waals surface area contributed by atoms with Crippen LogP contribution in [0.3, 0.4) is 0 Å². The Kier molecular flexibility index (Phi) is 6.70. The summed E-state index contributed by atoms with van der Waals surface area (Å²) in [5.41, 5.74) is 0. The van der Waals surface area contributed by atoms with Gasteiger partial charge in [0, 0.05) is 40.0 Å². The molecule has 1 aromatic heterocycles. The number of nitrogens with one attached hydrogen (secondary N) is 1. The Labute approximate surface area is 105 Å². The van der Waals surface area contributed by atoms with E-state index in [-0.39, 0.29) is 0 Å². The van der Waals surface area contributed by atoms with Crippen molar-refractivity contribution in [3.8, 4) is 0 Å². The monoisotopic (exact) mass is 262 g/mol. The summed E-state index contributed by atoms with van der Waals surface area (Å²) >= 11 is 3.36. The predicted octanol–water partition coefficient (Wildman–Crippen LogP) is 0.932.